The number of aliphatic carboxylic acids is 1. The molecule has 1 spiro atoms. The second kappa shape index (κ2) is 9.67. The number of alkyl halides is 3. The molecule has 0 saturated carbocycles. The van der Waals surface area contributed by atoms with Crippen molar-refractivity contribution in [1.29, 1.82) is 0 Å². The zero-order chi connectivity index (χ0) is 23.4. The molecular formula is C19H28F3N5O4. The molecule has 1 aromatic heterocycles. The summed E-state index contributed by atoms with van der Waals surface area (Å²) in [6.45, 7) is 3.67. The first-order chi connectivity index (χ1) is 14.3. The van der Waals surface area contributed by atoms with Gasteiger partial charge in [0.15, 0.2) is 0 Å². The van der Waals surface area contributed by atoms with E-state index >= 15 is 0 Å². The van der Waals surface area contributed by atoms with E-state index in [4.69, 9.17) is 9.90 Å². The molecule has 0 unspecified atom stereocenters. The average molecular weight is 447 g/mol. The van der Waals surface area contributed by atoms with Crippen molar-refractivity contribution < 1.29 is 32.7 Å². The van der Waals surface area contributed by atoms with Crippen LogP contribution in [0.1, 0.15) is 24.8 Å². The maximum Gasteiger partial charge on any atom is 0.490 e. The lowest BCUT2D eigenvalue weighted by atomic mass is 9.77. The first-order valence-corrected chi connectivity index (χ1v) is 9.83. The second-order valence-corrected chi connectivity index (χ2v) is 8.15. The van der Waals surface area contributed by atoms with Crippen molar-refractivity contribution in [2.45, 2.75) is 32.0 Å². The van der Waals surface area contributed by atoms with E-state index in [9.17, 15) is 22.8 Å². The molecule has 12 heteroatoms. The number of amides is 2. The lowest BCUT2D eigenvalue weighted by Crippen LogP contribution is -2.46. The number of hydrogen-bond donors (Lipinski definition) is 1. The number of halogens is 3. The molecule has 1 aromatic rings. The summed E-state index contributed by atoms with van der Waals surface area (Å²) in [5.41, 5.74) is 0.974. The molecule has 2 aliphatic rings. The summed E-state index contributed by atoms with van der Waals surface area (Å²) in [4.78, 5) is 39.3. The first kappa shape index (κ1) is 24.6. The third-order valence-electron chi connectivity index (χ3n) is 5.65. The summed E-state index contributed by atoms with van der Waals surface area (Å²) in [6, 6.07) is 0. The van der Waals surface area contributed by atoms with Gasteiger partial charge < -0.3 is 14.9 Å². The van der Waals surface area contributed by atoms with Crippen molar-refractivity contribution in [2.24, 2.45) is 12.5 Å². The van der Waals surface area contributed by atoms with Crippen LogP contribution >= 0.6 is 0 Å². The molecule has 2 fully saturated rings. The molecule has 174 valence electrons. The Hall–Kier alpha value is -2.63. The van der Waals surface area contributed by atoms with E-state index in [1.807, 2.05) is 24.1 Å². The fourth-order valence-corrected chi connectivity index (χ4v) is 3.76. The lowest BCUT2D eigenvalue weighted by Gasteiger charge is -2.37. The van der Waals surface area contributed by atoms with Crippen molar-refractivity contribution in [3.8, 4) is 0 Å². The van der Waals surface area contributed by atoms with E-state index in [0.717, 1.165) is 38.9 Å². The van der Waals surface area contributed by atoms with Gasteiger partial charge in [-0.2, -0.15) is 18.3 Å². The van der Waals surface area contributed by atoms with Gasteiger partial charge in [0.2, 0.25) is 11.8 Å². The number of carbonyl (C=O) groups is 3. The largest absolute Gasteiger partial charge is 0.490 e. The van der Waals surface area contributed by atoms with Crippen LogP contribution in [0.5, 0.6) is 0 Å². The van der Waals surface area contributed by atoms with Gasteiger partial charge in [0.25, 0.3) is 0 Å². The molecule has 2 amide bonds. The lowest BCUT2D eigenvalue weighted by molar-refractivity contribution is -0.192. The Bertz CT molecular complexity index is 801. The van der Waals surface area contributed by atoms with Crippen LogP contribution in [0.2, 0.25) is 0 Å². The number of aromatic nitrogens is 2. The number of nitrogens with zero attached hydrogens (tertiary/aromatic N) is 5. The van der Waals surface area contributed by atoms with E-state index in [1.54, 1.807) is 23.9 Å². The van der Waals surface area contributed by atoms with Crippen molar-refractivity contribution in [2.75, 3.05) is 40.3 Å². The van der Waals surface area contributed by atoms with Gasteiger partial charge in [0.05, 0.1) is 18.2 Å². The second-order valence-electron chi connectivity index (χ2n) is 8.15. The molecule has 2 aliphatic heterocycles. The van der Waals surface area contributed by atoms with Gasteiger partial charge in [-0.1, -0.05) is 0 Å². The van der Waals surface area contributed by atoms with Crippen LogP contribution < -0.4 is 0 Å². The summed E-state index contributed by atoms with van der Waals surface area (Å²) >= 11 is 0. The van der Waals surface area contributed by atoms with E-state index in [1.165, 1.54) is 5.56 Å². The molecule has 3 rings (SSSR count). The summed E-state index contributed by atoms with van der Waals surface area (Å²) in [7, 11) is 5.39. The minimum absolute atomic E-state index is 0.00517. The fraction of sp³-hybridized carbons (Fsp3) is 0.684. The van der Waals surface area contributed by atoms with Gasteiger partial charge in [-0.15, -0.1) is 0 Å². The number of hydrogen-bond acceptors (Lipinski definition) is 5. The van der Waals surface area contributed by atoms with Gasteiger partial charge in [-0.25, -0.2) is 4.79 Å². The molecule has 0 radical (unpaired) electrons. The average Bonchev–Trinajstić information content (AvgIpc) is 3.22. The quantitative estimate of drug-likeness (QED) is 0.738. The van der Waals surface area contributed by atoms with Crippen molar-refractivity contribution in [1.82, 2.24) is 24.5 Å². The first-order valence-electron chi connectivity index (χ1n) is 9.83. The summed E-state index contributed by atoms with van der Waals surface area (Å²) in [5, 5.41) is 11.3. The Morgan fingerprint density at radius 2 is 1.74 bits per heavy atom. The van der Waals surface area contributed by atoms with Crippen molar-refractivity contribution in [3.63, 3.8) is 0 Å². The number of carboxylic acids is 1. The minimum Gasteiger partial charge on any atom is -0.475 e. The fourth-order valence-electron chi connectivity index (χ4n) is 3.76. The summed E-state index contributed by atoms with van der Waals surface area (Å²) in [6.07, 6.45) is 1.52. The van der Waals surface area contributed by atoms with Gasteiger partial charge in [-0.3, -0.25) is 19.2 Å². The normalized spacial score (nSPS) is 18.6. The number of likely N-dealkylation sites (tertiary alicyclic amines) is 2. The van der Waals surface area contributed by atoms with Gasteiger partial charge in [0, 0.05) is 46.0 Å². The Morgan fingerprint density at radius 3 is 2.19 bits per heavy atom. The number of carbonyl (C=O) groups excluding carboxylic acids is 2. The highest BCUT2D eigenvalue weighted by Gasteiger charge is 2.48. The van der Waals surface area contributed by atoms with E-state index in [-0.39, 0.29) is 23.8 Å². The van der Waals surface area contributed by atoms with Crippen molar-refractivity contribution in [3.05, 3.63) is 18.0 Å². The maximum atomic E-state index is 12.8. The highest BCUT2D eigenvalue weighted by molar-refractivity contribution is 5.89. The van der Waals surface area contributed by atoms with Crippen LogP contribution in [0, 0.1) is 5.41 Å². The van der Waals surface area contributed by atoms with Gasteiger partial charge >= 0.3 is 12.1 Å². The third-order valence-corrected chi connectivity index (χ3v) is 5.65. The zero-order valence-corrected chi connectivity index (χ0v) is 17.9. The Labute approximate surface area is 178 Å². The molecule has 0 bridgehead atoms. The van der Waals surface area contributed by atoms with Crippen LogP contribution in [0.4, 0.5) is 13.2 Å². The van der Waals surface area contributed by atoms with E-state index in [0.29, 0.717) is 6.54 Å². The Morgan fingerprint density at radius 1 is 1.19 bits per heavy atom. The van der Waals surface area contributed by atoms with Crippen LogP contribution in [-0.4, -0.2) is 93.8 Å². The molecular weight excluding hydrogens is 419 g/mol. The van der Waals surface area contributed by atoms with Crippen LogP contribution in [-0.2, 0) is 28.0 Å². The van der Waals surface area contributed by atoms with Crippen molar-refractivity contribution >= 4 is 17.8 Å². The number of likely N-dealkylation sites (N-methyl/N-ethyl adjacent to an activating group) is 1. The maximum absolute atomic E-state index is 12.8. The predicted octanol–water partition coefficient (Wildman–Crippen LogP) is 0.956. The predicted molar refractivity (Wildman–Crippen MR) is 104 cm³/mol. The molecule has 3 heterocycles. The van der Waals surface area contributed by atoms with Gasteiger partial charge in [0.1, 0.15) is 0 Å². The summed E-state index contributed by atoms with van der Waals surface area (Å²) < 4.78 is 33.6. The molecule has 1 N–H and O–H groups in total. The Balaban J connectivity index is 0.000000423. The van der Waals surface area contributed by atoms with E-state index in [2.05, 4.69) is 10.00 Å². The smallest absolute Gasteiger partial charge is 0.475 e. The van der Waals surface area contributed by atoms with E-state index < -0.39 is 12.1 Å². The van der Waals surface area contributed by atoms with Crippen LogP contribution in [0.3, 0.4) is 0 Å². The van der Waals surface area contributed by atoms with Crippen LogP contribution in [0.15, 0.2) is 12.4 Å². The topological polar surface area (TPSA) is 99.0 Å². The summed E-state index contributed by atoms with van der Waals surface area (Å²) in [5.74, 6) is -2.58. The molecule has 0 aromatic carbocycles. The van der Waals surface area contributed by atoms with Gasteiger partial charge in [-0.05, 0) is 32.4 Å². The number of piperidine rings is 1. The monoisotopic (exact) mass is 447 g/mol. The number of rotatable bonds is 4. The Kier molecular flexibility index (Phi) is 7.68. The number of carboxylic acid groups (broad SMARTS) is 1. The number of aryl methyl sites for hydroxylation is 1. The van der Waals surface area contributed by atoms with Crippen LogP contribution in [0.25, 0.3) is 0 Å². The zero-order valence-electron chi connectivity index (χ0n) is 17.9. The molecule has 2 saturated heterocycles. The molecule has 9 nitrogen and oxygen atoms in total. The highest BCUT2D eigenvalue weighted by atomic mass is 19.4. The SMILES string of the molecule is CN(C)C(=O)CN1CCC2(CCN(Cc3cnn(C)c3)CC2)C1=O.O=C(O)C(F)(F)F. The minimum atomic E-state index is -5.08. The standard InChI is InChI=1S/C17H27N5O2.C2HF3O2/c1-19(2)15(23)13-22-9-6-17(16(22)24)4-7-21(8-5-17)12-14-10-18-20(3)11-14;3-2(4,5)1(6)7/h10-11H,4-9,12-13H2,1-3H3;(H,6,7). The molecule has 0 aliphatic carbocycles. The highest BCUT2D eigenvalue weighted by Crippen LogP contribution is 2.41. The molecule has 31 heavy (non-hydrogen) atoms. The molecule has 0 atom stereocenters. The third kappa shape index (κ3) is 6.42.